The van der Waals surface area contributed by atoms with E-state index in [0.29, 0.717) is 17.9 Å². The summed E-state index contributed by atoms with van der Waals surface area (Å²) >= 11 is 0. The number of nitrogens with zero attached hydrogens (tertiary/aromatic N) is 1. The molecule has 0 aromatic carbocycles. The average molecular weight is 207 g/mol. The maximum atomic E-state index is 11.9. The summed E-state index contributed by atoms with van der Waals surface area (Å²) in [5.41, 5.74) is 11.5. The average Bonchev–Trinajstić information content (AvgIpc) is 2.25. The predicted molar refractivity (Wildman–Crippen MR) is 60.4 cm³/mol. The molecule has 0 amide bonds. The maximum absolute atomic E-state index is 11.9. The molecule has 0 bridgehead atoms. The minimum Gasteiger partial charge on any atom is -0.383 e. The Morgan fingerprint density at radius 2 is 2.33 bits per heavy atom. The summed E-state index contributed by atoms with van der Waals surface area (Å²) < 4.78 is 0. The third-order valence-corrected chi connectivity index (χ3v) is 2.39. The fourth-order valence-corrected chi connectivity index (χ4v) is 1.45. The SMILES string of the molecule is CC(CCCN)C(=O)c1cccnc1N. The van der Waals surface area contributed by atoms with Gasteiger partial charge in [0.2, 0.25) is 0 Å². The van der Waals surface area contributed by atoms with Crippen LogP contribution < -0.4 is 11.5 Å². The number of ketones is 1. The first-order chi connectivity index (χ1) is 7.16. The van der Waals surface area contributed by atoms with Crippen molar-refractivity contribution in [2.24, 2.45) is 11.7 Å². The largest absolute Gasteiger partial charge is 0.383 e. The second kappa shape index (κ2) is 5.46. The molecule has 0 spiro atoms. The number of carbonyl (C=O) groups excluding carboxylic acids is 1. The third-order valence-electron chi connectivity index (χ3n) is 2.39. The normalized spacial score (nSPS) is 12.4. The van der Waals surface area contributed by atoms with Crippen molar-refractivity contribution in [3.63, 3.8) is 0 Å². The van der Waals surface area contributed by atoms with Gasteiger partial charge in [-0.05, 0) is 31.5 Å². The summed E-state index contributed by atoms with van der Waals surface area (Å²) in [6.07, 6.45) is 3.23. The zero-order valence-corrected chi connectivity index (χ0v) is 8.94. The van der Waals surface area contributed by atoms with Gasteiger partial charge in [0.05, 0.1) is 5.56 Å². The number of carbonyl (C=O) groups is 1. The van der Waals surface area contributed by atoms with E-state index in [1.807, 2.05) is 6.92 Å². The quantitative estimate of drug-likeness (QED) is 0.711. The third kappa shape index (κ3) is 3.02. The Kier molecular flexibility index (Phi) is 4.24. The van der Waals surface area contributed by atoms with E-state index in [2.05, 4.69) is 4.98 Å². The minimum atomic E-state index is -0.0416. The molecule has 15 heavy (non-hydrogen) atoms. The fraction of sp³-hybridized carbons (Fsp3) is 0.455. The monoisotopic (exact) mass is 207 g/mol. The Balaban J connectivity index is 2.72. The molecule has 1 aromatic rings. The summed E-state index contributed by atoms with van der Waals surface area (Å²) in [6, 6.07) is 3.43. The van der Waals surface area contributed by atoms with Crippen molar-refractivity contribution < 1.29 is 4.79 Å². The van der Waals surface area contributed by atoms with Gasteiger partial charge in [-0.3, -0.25) is 4.79 Å². The van der Waals surface area contributed by atoms with Gasteiger partial charge in [-0.15, -0.1) is 0 Å². The van der Waals surface area contributed by atoms with E-state index in [4.69, 9.17) is 11.5 Å². The molecular formula is C11H17N3O. The number of Topliss-reactive ketones (excluding diaryl/α,β-unsaturated/α-hetero) is 1. The lowest BCUT2D eigenvalue weighted by atomic mass is 9.95. The highest BCUT2D eigenvalue weighted by Crippen LogP contribution is 2.16. The Morgan fingerprint density at radius 3 is 2.93 bits per heavy atom. The molecule has 1 rings (SSSR count). The van der Waals surface area contributed by atoms with Crippen LogP contribution in [0.15, 0.2) is 18.3 Å². The second-order valence-electron chi connectivity index (χ2n) is 3.63. The van der Waals surface area contributed by atoms with Gasteiger partial charge in [-0.2, -0.15) is 0 Å². The molecule has 0 fully saturated rings. The summed E-state index contributed by atoms with van der Waals surface area (Å²) in [7, 11) is 0. The summed E-state index contributed by atoms with van der Waals surface area (Å²) in [5, 5.41) is 0. The van der Waals surface area contributed by atoms with Crippen molar-refractivity contribution in [2.75, 3.05) is 12.3 Å². The van der Waals surface area contributed by atoms with E-state index >= 15 is 0 Å². The summed E-state index contributed by atoms with van der Waals surface area (Å²) in [5.74, 6) is 0.316. The molecule has 0 aliphatic carbocycles. The lowest BCUT2D eigenvalue weighted by Crippen LogP contribution is -2.15. The van der Waals surface area contributed by atoms with E-state index in [1.165, 1.54) is 0 Å². The highest BCUT2D eigenvalue weighted by molar-refractivity contribution is 6.01. The molecule has 0 aliphatic rings. The van der Waals surface area contributed by atoms with Gasteiger partial charge >= 0.3 is 0 Å². The van der Waals surface area contributed by atoms with E-state index in [1.54, 1.807) is 18.3 Å². The molecule has 1 aromatic heterocycles. The smallest absolute Gasteiger partial charge is 0.169 e. The van der Waals surface area contributed by atoms with Crippen LogP contribution in [0.4, 0.5) is 5.82 Å². The van der Waals surface area contributed by atoms with Gasteiger partial charge in [0.25, 0.3) is 0 Å². The van der Waals surface area contributed by atoms with Gasteiger partial charge in [-0.25, -0.2) is 4.98 Å². The van der Waals surface area contributed by atoms with Crippen LogP contribution in [0.5, 0.6) is 0 Å². The minimum absolute atomic E-state index is 0.0416. The zero-order valence-electron chi connectivity index (χ0n) is 8.94. The maximum Gasteiger partial charge on any atom is 0.169 e. The van der Waals surface area contributed by atoms with E-state index in [9.17, 15) is 4.79 Å². The summed E-state index contributed by atoms with van der Waals surface area (Å²) in [4.78, 5) is 15.8. The lowest BCUT2D eigenvalue weighted by Gasteiger charge is -2.10. The van der Waals surface area contributed by atoms with Crippen LogP contribution in [0.1, 0.15) is 30.1 Å². The first kappa shape index (κ1) is 11.7. The Labute approximate surface area is 89.7 Å². The number of hydrogen-bond acceptors (Lipinski definition) is 4. The molecule has 4 nitrogen and oxygen atoms in total. The number of nitrogen functional groups attached to an aromatic ring is 1. The van der Waals surface area contributed by atoms with Crippen molar-refractivity contribution in [3.05, 3.63) is 23.9 Å². The molecule has 1 unspecified atom stereocenters. The highest BCUT2D eigenvalue weighted by Gasteiger charge is 2.17. The van der Waals surface area contributed by atoms with Crippen LogP contribution in [-0.2, 0) is 0 Å². The van der Waals surface area contributed by atoms with Crippen molar-refractivity contribution in [2.45, 2.75) is 19.8 Å². The van der Waals surface area contributed by atoms with Gasteiger partial charge in [0.15, 0.2) is 5.78 Å². The van der Waals surface area contributed by atoms with Gasteiger partial charge < -0.3 is 11.5 Å². The van der Waals surface area contributed by atoms with Crippen LogP contribution in [0.2, 0.25) is 0 Å². The first-order valence-electron chi connectivity index (χ1n) is 5.11. The Hall–Kier alpha value is -1.42. The van der Waals surface area contributed by atoms with Gasteiger partial charge in [0.1, 0.15) is 5.82 Å². The molecule has 0 aliphatic heterocycles. The topological polar surface area (TPSA) is 82.0 Å². The van der Waals surface area contributed by atoms with Gasteiger partial charge in [-0.1, -0.05) is 6.92 Å². The van der Waals surface area contributed by atoms with Crippen LogP contribution >= 0.6 is 0 Å². The standard InChI is InChI=1S/C11H17N3O/c1-8(4-2-6-12)10(15)9-5-3-7-14-11(9)13/h3,5,7-8H,2,4,6,12H2,1H3,(H2,13,14). The predicted octanol–water partition coefficient (Wildman–Crippen LogP) is 1.22. The van der Waals surface area contributed by atoms with Gasteiger partial charge in [0, 0.05) is 12.1 Å². The molecule has 4 heteroatoms. The second-order valence-corrected chi connectivity index (χ2v) is 3.63. The summed E-state index contributed by atoms with van der Waals surface area (Å²) in [6.45, 7) is 2.50. The number of rotatable bonds is 5. The molecule has 82 valence electrons. The van der Waals surface area contributed by atoms with Crippen LogP contribution in [0, 0.1) is 5.92 Å². The number of anilines is 1. The zero-order chi connectivity index (χ0) is 11.3. The lowest BCUT2D eigenvalue weighted by molar-refractivity contribution is 0.0924. The molecule has 1 atom stereocenters. The molecule has 0 radical (unpaired) electrons. The highest BCUT2D eigenvalue weighted by atomic mass is 16.1. The molecule has 1 heterocycles. The van der Waals surface area contributed by atoms with Crippen molar-refractivity contribution in [3.8, 4) is 0 Å². The van der Waals surface area contributed by atoms with Crippen molar-refractivity contribution >= 4 is 11.6 Å². The fourth-order valence-electron chi connectivity index (χ4n) is 1.45. The number of aromatic nitrogens is 1. The van der Waals surface area contributed by atoms with E-state index in [0.717, 1.165) is 12.8 Å². The number of nitrogens with two attached hydrogens (primary N) is 2. The molecule has 0 saturated heterocycles. The van der Waals surface area contributed by atoms with Crippen molar-refractivity contribution in [1.29, 1.82) is 0 Å². The first-order valence-corrected chi connectivity index (χ1v) is 5.11. The van der Waals surface area contributed by atoms with Crippen LogP contribution in [-0.4, -0.2) is 17.3 Å². The number of pyridine rings is 1. The Morgan fingerprint density at radius 1 is 1.60 bits per heavy atom. The Bertz CT molecular complexity index is 338. The van der Waals surface area contributed by atoms with E-state index in [-0.39, 0.29) is 11.7 Å². The molecule has 4 N–H and O–H groups in total. The molecule has 0 saturated carbocycles. The van der Waals surface area contributed by atoms with Crippen molar-refractivity contribution in [1.82, 2.24) is 4.98 Å². The molecular weight excluding hydrogens is 190 g/mol. The van der Waals surface area contributed by atoms with Crippen LogP contribution in [0.25, 0.3) is 0 Å². The van der Waals surface area contributed by atoms with Crippen LogP contribution in [0.3, 0.4) is 0 Å². The number of hydrogen-bond donors (Lipinski definition) is 2. The van der Waals surface area contributed by atoms with E-state index < -0.39 is 0 Å².